The maximum Gasteiger partial charge on any atom is 0.245 e. The van der Waals surface area contributed by atoms with E-state index in [-0.39, 0.29) is 12.5 Å². The Labute approximate surface area is 97.7 Å². The van der Waals surface area contributed by atoms with Gasteiger partial charge in [-0.3, -0.25) is 4.79 Å². The number of hydrogen-bond acceptors (Lipinski definition) is 4. The van der Waals surface area contributed by atoms with Gasteiger partial charge >= 0.3 is 0 Å². The highest BCUT2D eigenvalue weighted by Crippen LogP contribution is 1.96. The molecule has 0 aliphatic carbocycles. The topological polar surface area (TPSA) is 73.6 Å². The molecule has 0 saturated carbocycles. The predicted molar refractivity (Wildman–Crippen MR) is 63.2 cm³/mol. The highest BCUT2D eigenvalue weighted by Gasteiger charge is 1.99. The molecule has 3 N–H and O–H groups in total. The molecule has 0 aliphatic rings. The number of ether oxygens (including phenoxy) is 2. The summed E-state index contributed by atoms with van der Waals surface area (Å²) < 4.78 is 9.87. The Morgan fingerprint density at radius 2 is 1.94 bits per heavy atom. The van der Waals surface area contributed by atoms with Crippen LogP contribution in [0.4, 0.5) is 0 Å². The summed E-state index contributed by atoms with van der Waals surface area (Å²) in [5, 5.41) is 2.80. The fourth-order valence-corrected chi connectivity index (χ4v) is 1.21. The van der Waals surface area contributed by atoms with Crippen molar-refractivity contribution in [2.45, 2.75) is 25.7 Å². The lowest BCUT2D eigenvalue weighted by Crippen LogP contribution is -2.29. The number of amides is 1. The van der Waals surface area contributed by atoms with Crippen LogP contribution in [-0.2, 0) is 14.3 Å². The van der Waals surface area contributed by atoms with Gasteiger partial charge < -0.3 is 20.5 Å². The van der Waals surface area contributed by atoms with E-state index in [2.05, 4.69) is 5.32 Å². The first-order valence-corrected chi connectivity index (χ1v) is 5.84. The maximum absolute atomic E-state index is 11.2. The number of nitrogens with one attached hydrogen (secondary N) is 1. The van der Waals surface area contributed by atoms with Gasteiger partial charge in [-0.1, -0.05) is 12.8 Å². The molecule has 0 atom stereocenters. The number of nitrogens with two attached hydrogens (primary N) is 1. The third-order valence-electron chi connectivity index (χ3n) is 2.12. The van der Waals surface area contributed by atoms with Crippen molar-refractivity contribution in [3.05, 3.63) is 0 Å². The van der Waals surface area contributed by atoms with Crippen LogP contribution in [0.15, 0.2) is 0 Å². The van der Waals surface area contributed by atoms with Gasteiger partial charge in [0.25, 0.3) is 0 Å². The minimum atomic E-state index is -0.0603. The van der Waals surface area contributed by atoms with Crippen LogP contribution in [0.25, 0.3) is 0 Å². The summed E-state index contributed by atoms with van der Waals surface area (Å²) in [6.07, 6.45) is 4.32. The van der Waals surface area contributed by atoms with Gasteiger partial charge in [-0.05, 0) is 19.4 Å². The van der Waals surface area contributed by atoms with Crippen LogP contribution in [-0.4, -0.2) is 45.9 Å². The summed E-state index contributed by atoms with van der Waals surface area (Å²) in [7, 11) is 1.60. The fourth-order valence-electron chi connectivity index (χ4n) is 1.21. The van der Waals surface area contributed by atoms with Gasteiger partial charge in [-0.2, -0.15) is 0 Å². The Kier molecular flexibility index (Phi) is 11.9. The summed E-state index contributed by atoms with van der Waals surface area (Å²) >= 11 is 0. The van der Waals surface area contributed by atoms with E-state index in [1.54, 1.807) is 7.11 Å². The van der Waals surface area contributed by atoms with Crippen LogP contribution in [0.2, 0.25) is 0 Å². The molecule has 0 bridgehead atoms. The van der Waals surface area contributed by atoms with Crippen LogP contribution < -0.4 is 11.1 Å². The largest absolute Gasteiger partial charge is 0.382 e. The van der Waals surface area contributed by atoms with Crippen LogP contribution >= 0.6 is 0 Å². The molecule has 0 aromatic rings. The molecular formula is C11H24N2O3. The second-order valence-corrected chi connectivity index (χ2v) is 3.60. The number of unbranched alkanes of at least 4 members (excludes halogenated alkanes) is 3. The van der Waals surface area contributed by atoms with Crippen molar-refractivity contribution >= 4 is 5.91 Å². The smallest absolute Gasteiger partial charge is 0.245 e. The molecule has 0 unspecified atom stereocenters. The van der Waals surface area contributed by atoms with E-state index in [1.807, 2.05) is 0 Å². The van der Waals surface area contributed by atoms with E-state index in [4.69, 9.17) is 15.2 Å². The van der Waals surface area contributed by atoms with Gasteiger partial charge in [0.1, 0.15) is 6.61 Å². The molecule has 0 aliphatic heterocycles. The van der Waals surface area contributed by atoms with Gasteiger partial charge in [0.05, 0.1) is 13.2 Å². The van der Waals surface area contributed by atoms with Crippen LogP contribution in [0.3, 0.4) is 0 Å². The van der Waals surface area contributed by atoms with E-state index in [0.29, 0.717) is 13.2 Å². The Bertz CT molecular complexity index is 165. The molecule has 0 fully saturated rings. The SMILES string of the molecule is COCCOCC(=O)NCCCCCCN. The fraction of sp³-hybridized carbons (Fsp3) is 0.909. The second-order valence-electron chi connectivity index (χ2n) is 3.60. The lowest BCUT2D eigenvalue weighted by molar-refractivity contribution is -0.126. The van der Waals surface area contributed by atoms with Crippen LogP contribution in [0.5, 0.6) is 0 Å². The normalized spacial score (nSPS) is 10.4. The average Bonchev–Trinajstić information content (AvgIpc) is 2.29. The van der Waals surface area contributed by atoms with Gasteiger partial charge in [-0.25, -0.2) is 0 Å². The Morgan fingerprint density at radius 1 is 1.19 bits per heavy atom. The van der Waals surface area contributed by atoms with E-state index in [1.165, 1.54) is 0 Å². The van der Waals surface area contributed by atoms with Crippen molar-refractivity contribution in [1.29, 1.82) is 0 Å². The number of rotatable bonds is 11. The van der Waals surface area contributed by atoms with Crippen LogP contribution in [0.1, 0.15) is 25.7 Å². The van der Waals surface area contributed by atoms with Crippen LogP contribution in [0, 0.1) is 0 Å². The predicted octanol–water partition coefficient (Wildman–Crippen LogP) is 0.285. The van der Waals surface area contributed by atoms with Gasteiger partial charge in [0.15, 0.2) is 0 Å². The molecule has 5 heteroatoms. The zero-order chi connectivity index (χ0) is 12.1. The first-order valence-electron chi connectivity index (χ1n) is 5.84. The van der Waals surface area contributed by atoms with Gasteiger partial charge in [0.2, 0.25) is 5.91 Å². The first kappa shape index (κ1) is 15.3. The lowest BCUT2D eigenvalue weighted by atomic mass is 10.2. The maximum atomic E-state index is 11.2. The molecule has 16 heavy (non-hydrogen) atoms. The number of carbonyl (C=O) groups is 1. The highest BCUT2D eigenvalue weighted by molar-refractivity contribution is 5.77. The molecule has 0 rings (SSSR count). The molecule has 0 aromatic heterocycles. The van der Waals surface area contributed by atoms with Crippen molar-refractivity contribution in [3.63, 3.8) is 0 Å². The molecule has 0 saturated heterocycles. The zero-order valence-electron chi connectivity index (χ0n) is 10.2. The van der Waals surface area contributed by atoms with E-state index in [9.17, 15) is 4.79 Å². The molecule has 1 amide bonds. The molecule has 0 spiro atoms. The average molecular weight is 232 g/mol. The quantitative estimate of drug-likeness (QED) is 0.502. The number of hydrogen-bond donors (Lipinski definition) is 2. The van der Waals surface area contributed by atoms with Crippen molar-refractivity contribution in [3.8, 4) is 0 Å². The summed E-state index contributed by atoms with van der Waals surface area (Å²) in [5.41, 5.74) is 5.37. The Balaban J connectivity index is 3.11. The minimum absolute atomic E-state index is 0.0603. The molecule has 0 heterocycles. The van der Waals surface area contributed by atoms with Crippen molar-refractivity contribution in [1.82, 2.24) is 5.32 Å². The lowest BCUT2D eigenvalue weighted by Gasteiger charge is -2.05. The highest BCUT2D eigenvalue weighted by atomic mass is 16.5. The summed E-state index contributed by atoms with van der Waals surface area (Å²) in [6, 6.07) is 0. The first-order chi connectivity index (χ1) is 7.81. The molecule has 0 aromatic carbocycles. The van der Waals surface area contributed by atoms with E-state index in [0.717, 1.165) is 38.8 Å². The van der Waals surface area contributed by atoms with Gasteiger partial charge in [0, 0.05) is 13.7 Å². The summed E-state index contributed by atoms with van der Waals surface area (Å²) in [4.78, 5) is 11.2. The van der Waals surface area contributed by atoms with Crippen molar-refractivity contribution in [2.75, 3.05) is 40.0 Å². The minimum Gasteiger partial charge on any atom is -0.382 e. The standard InChI is InChI=1S/C11H24N2O3/c1-15-8-9-16-10-11(14)13-7-5-3-2-4-6-12/h2-10,12H2,1H3,(H,13,14). The van der Waals surface area contributed by atoms with Gasteiger partial charge in [-0.15, -0.1) is 0 Å². The molecular weight excluding hydrogens is 208 g/mol. The zero-order valence-corrected chi connectivity index (χ0v) is 10.2. The van der Waals surface area contributed by atoms with E-state index < -0.39 is 0 Å². The number of methoxy groups -OCH3 is 1. The Hall–Kier alpha value is -0.650. The van der Waals surface area contributed by atoms with Crippen molar-refractivity contribution < 1.29 is 14.3 Å². The van der Waals surface area contributed by atoms with E-state index >= 15 is 0 Å². The molecule has 0 radical (unpaired) electrons. The second kappa shape index (κ2) is 12.4. The molecule has 96 valence electrons. The van der Waals surface area contributed by atoms with Crippen molar-refractivity contribution in [2.24, 2.45) is 5.73 Å². The third kappa shape index (κ3) is 11.4. The third-order valence-corrected chi connectivity index (χ3v) is 2.12. The Morgan fingerprint density at radius 3 is 2.62 bits per heavy atom. The summed E-state index contributed by atoms with van der Waals surface area (Å²) in [6.45, 7) is 2.57. The summed E-state index contributed by atoms with van der Waals surface area (Å²) in [5.74, 6) is -0.0603. The molecule has 5 nitrogen and oxygen atoms in total. The monoisotopic (exact) mass is 232 g/mol. The number of carbonyl (C=O) groups excluding carboxylic acids is 1.